The summed E-state index contributed by atoms with van der Waals surface area (Å²) in [5.74, 6) is -5.03. The van der Waals surface area contributed by atoms with E-state index in [2.05, 4.69) is 10.6 Å². The maximum atomic E-state index is 12.6. The number of rotatable bonds is 9. The van der Waals surface area contributed by atoms with Crippen molar-refractivity contribution in [1.29, 1.82) is 0 Å². The van der Waals surface area contributed by atoms with E-state index in [-0.39, 0.29) is 27.9 Å². The van der Waals surface area contributed by atoms with Crippen LogP contribution in [-0.2, 0) is 14.3 Å². The van der Waals surface area contributed by atoms with E-state index in [4.69, 9.17) is 4.74 Å². The summed E-state index contributed by atoms with van der Waals surface area (Å²) < 4.78 is 29.9. The van der Waals surface area contributed by atoms with Gasteiger partial charge in [-0.2, -0.15) is 8.78 Å². The number of ether oxygens (including phenoxy) is 1. The van der Waals surface area contributed by atoms with Crippen molar-refractivity contribution in [3.05, 3.63) is 60.2 Å². The number of esters is 1. The summed E-state index contributed by atoms with van der Waals surface area (Å²) in [6.45, 7) is -1.45. The first-order valence-electron chi connectivity index (χ1n) is 8.37. The van der Waals surface area contributed by atoms with Crippen molar-refractivity contribution in [2.24, 2.45) is 0 Å². The molecule has 1 unspecified atom stereocenters. The van der Waals surface area contributed by atoms with E-state index < -0.39 is 42.8 Å². The molecule has 0 aliphatic rings. The van der Waals surface area contributed by atoms with Gasteiger partial charge in [0, 0.05) is 10.5 Å². The number of nitrogens with one attached hydrogen (secondary N) is 2. The standard InChI is InChI=1S/C19H18F2N2O5S/c20-19(21)29-15-9-5-4-8-13(15)22-16(25)11-28-18(27)14(10-24)23-17(26)12-6-2-1-3-7-12/h1-9,14,19,24H,10-11H2,(H,22,25)(H,23,26). The Balaban J connectivity index is 1.89. The minimum absolute atomic E-state index is 0.148. The highest BCUT2D eigenvalue weighted by atomic mass is 32.2. The van der Waals surface area contributed by atoms with Crippen LogP contribution in [0, 0.1) is 0 Å². The number of hydrogen-bond acceptors (Lipinski definition) is 6. The molecule has 2 aromatic rings. The number of aliphatic hydroxyl groups excluding tert-OH is 1. The number of benzene rings is 2. The van der Waals surface area contributed by atoms with E-state index in [1.807, 2.05) is 0 Å². The van der Waals surface area contributed by atoms with Gasteiger partial charge in [0.1, 0.15) is 0 Å². The molecule has 2 rings (SSSR count). The number of aliphatic hydroxyl groups is 1. The summed E-state index contributed by atoms with van der Waals surface area (Å²) in [5.41, 5.74) is 0.430. The molecule has 7 nitrogen and oxygen atoms in total. The van der Waals surface area contributed by atoms with E-state index in [0.717, 1.165) is 0 Å². The predicted octanol–water partition coefficient (Wildman–Crippen LogP) is 2.27. The molecule has 0 saturated heterocycles. The van der Waals surface area contributed by atoms with Crippen LogP contribution in [0.15, 0.2) is 59.5 Å². The minimum atomic E-state index is -2.66. The molecule has 0 aromatic heterocycles. The van der Waals surface area contributed by atoms with E-state index in [9.17, 15) is 28.3 Å². The zero-order valence-electron chi connectivity index (χ0n) is 15.0. The molecule has 0 bridgehead atoms. The number of para-hydroxylation sites is 1. The van der Waals surface area contributed by atoms with Crippen molar-refractivity contribution >= 4 is 35.2 Å². The lowest BCUT2D eigenvalue weighted by atomic mass is 10.2. The van der Waals surface area contributed by atoms with E-state index in [0.29, 0.717) is 0 Å². The van der Waals surface area contributed by atoms with E-state index in [1.54, 1.807) is 30.3 Å². The molecule has 0 fully saturated rings. The fourth-order valence-corrected chi connectivity index (χ4v) is 2.80. The fourth-order valence-electron chi connectivity index (χ4n) is 2.20. The van der Waals surface area contributed by atoms with Crippen LogP contribution in [0.3, 0.4) is 0 Å². The van der Waals surface area contributed by atoms with Gasteiger partial charge in [0.25, 0.3) is 17.6 Å². The Morgan fingerprint density at radius 1 is 1.03 bits per heavy atom. The third-order valence-corrected chi connectivity index (χ3v) is 4.32. The summed E-state index contributed by atoms with van der Waals surface area (Å²) in [5, 5.41) is 14.0. The highest BCUT2D eigenvalue weighted by Gasteiger charge is 2.23. The molecular weight excluding hydrogens is 406 g/mol. The summed E-state index contributed by atoms with van der Waals surface area (Å²) in [4.78, 5) is 36.2. The summed E-state index contributed by atoms with van der Waals surface area (Å²) >= 11 is 0.268. The number of alkyl halides is 2. The van der Waals surface area contributed by atoms with Crippen LogP contribution in [0.1, 0.15) is 10.4 Å². The molecule has 154 valence electrons. The fraction of sp³-hybridized carbons (Fsp3) is 0.211. The van der Waals surface area contributed by atoms with Crippen LogP contribution < -0.4 is 10.6 Å². The molecule has 0 aliphatic carbocycles. The Morgan fingerprint density at radius 3 is 2.34 bits per heavy atom. The van der Waals surface area contributed by atoms with Crippen molar-refractivity contribution < 1.29 is 33.0 Å². The van der Waals surface area contributed by atoms with Crippen molar-refractivity contribution in [3.63, 3.8) is 0 Å². The molecule has 0 spiro atoms. The maximum Gasteiger partial charge on any atom is 0.331 e. The number of halogens is 2. The van der Waals surface area contributed by atoms with Crippen LogP contribution in [0.5, 0.6) is 0 Å². The molecule has 0 radical (unpaired) electrons. The summed E-state index contributed by atoms with van der Waals surface area (Å²) in [7, 11) is 0. The number of carbonyl (C=O) groups is 3. The zero-order chi connectivity index (χ0) is 21.2. The van der Waals surface area contributed by atoms with Crippen LogP contribution in [0.25, 0.3) is 0 Å². The Labute approximate surface area is 169 Å². The normalized spacial score (nSPS) is 11.6. The largest absolute Gasteiger partial charge is 0.454 e. The summed E-state index contributed by atoms with van der Waals surface area (Å²) in [6.07, 6.45) is 0. The average Bonchev–Trinajstić information content (AvgIpc) is 2.71. The molecule has 0 saturated carbocycles. The van der Waals surface area contributed by atoms with Crippen molar-refractivity contribution in [2.45, 2.75) is 16.7 Å². The van der Waals surface area contributed by atoms with Crippen LogP contribution >= 0.6 is 11.8 Å². The van der Waals surface area contributed by atoms with E-state index in [1.165, 1.54) is 24.3 Å². The first-order chi connectivity index (χ1) is 13.9. The van der Waals surface area contributed by atoms with Gasteiger partial charge in [0.15, 0.2) is 12.6 Å². The Hall–Kier alpha value is -2.98. The van der Waals surface area contributed by atoms with Crippen LogP contribution in [0.4, 0.5) is 14.5 Å². The molecule has 0 heterocycles. The second-order valence-corrected chi connectivity index (χ2v) is 6.64. The maximum absolute atomic E-state index is 12.6. The second-order valence-electron chi connectivity index (χ2n) is 5.61. The lowest BCUT2D eigenvalue weighted by molar-refractivity contribution is -0.150. The Morgan fingerprint density at radius 2 is 1.69 bits per heavy atom. The molecular formula is C19H18F2N2O5S. The number of amides is 2. The molecule has 2 aromatic carbocycles. The third-order valence-electron chi connectivity index (χ3n) is 3.53. The smallest absolute Gasteiger partial charge is 0.331 e. The van der Waals surface area contributed by atoms with Gasteiger partial charge >= 0.3 is 5.97 Å². The lowest BCUT2D eigenvalue weighted by Crippen LogP contribution is -2.45. The van der Waals surface area contributed by atoms with Gasteiger partial charge in [-0.3, -0.25) is 9.59 Å². The SMILES string of the molecule is O=C(COC(=O)C(CO)NC(=O)c1ccccc1)Nc1ccccc1SC(F)F. The van der Waals surface area contributed by atoms with Gasteiger partial charge in [-0.15, -0.1) is 0 Å². The average molecular weight is 424 g/mol. The topological polar surface area (TPSA) is 105 Å². The molecule has 1 atom stereocenters. The molecule has 10 heteroatoms. The van der Waals surface area contributed by atoms with Gasteiger partial charge in [-0.05, 0) is 24.3 Å². The van der Waals surface area contributed by atoms with Crippen LogP contribution in [0.2, 0.25) is 0 Å². The quantitative estimate of drug-likeness (QED) is 0.421. The van der Waals surface area contributed by atoms with Crippen molar-refractivity contribution in [1.82, 2.24) is 5.32 Å². The highest BCUT2D eigenvalue weighted by molar-refractivity contribution is 7.99. The number of thioether (sulfide) groups is 1. The van der Waals surface area contributed by atoms with Crippen molar-refractivity contribution in [2.75, 3.05) is 18.5 Å². The number of anilines is 1. The first kappa shape index (κ1) is 22.3. The van der Waals surface area contributed by atoms with E-state index >= 15 is 0 Å². The zero-order valence-corrected chi connectivity index (χ0v) is 15.8. The minimum Gasteiger partial charge on any atom is -0.454 e. The highest BCUT2D eigenvalue weighted by Crippen LogP contribution is 2.31. The van der Waals surface area contributed by atoms with Crippen molar-refractivity contribution in [3.8, 4) is 0 Å². The molecule has 3 N–H and O–H groups in total. The van der Waals surface area contributed by atoms with Crippen LogP contribution in [-0.4, -0.2) is 47.9 Å². The number of carbonyl (C=O) groups excluding carboxylic acids is 3. The first-order valence-corrected chi connectivity index (χ1v) is 9.25. The Bertz CT molecular complexity index is 852. The van der Waals surface area contributed by atoms with Gasteiger partial charge in [-0.1, -0.05) is 42.1 Å². The Kier molecular flexibility index (Phi) is 8.56. The van der Waals surface area contributed by atoms with Gasteiger partial charge < -0.3 is 20.5 Å². The second kappa shape index (κ2) is 11.1. The van der Waals surface area contributed by atoms with Gasteiger partial charge in [-0.25, -0.2) is 4.79 Å². The predicted molar refractivity (Wildman–Crippen MR) is 103 cm³/mol. The molecule has 29 heavy (non-hydrogen) atoms. The summed E-state index contributed by atoms with van der Waals surface area (Å²) in [6, 6.07) is 12.6. The lowest BCUT2D eigenvalue weighted by Gasteiger charge is -2.16. The molecule has 2 amide bonds. The molecule has 0 aliphatic heterocycles. The number of hydrogen-bond donors (Lipinski definition) is 3. The van der Waals surface area contributed by atoms with Gasteiger partial charge in [0.2, 0.25) is 0 Å². The monoisotopic (exact) mass is 424 g/mol. The van der Waals surface area contributed by atoms with Gasteiger partial charge in [0.05, 0.1) is 12.3 Å². The third kappa shape index (κ3) is 7.16.